The number of thioether (sulfide) groups is 1. The summed E-state index contributed by atoms with van der Waals surface area (Å²) in [5, 5.41) is 10.5. The summed E-state index contributed by atoms with van der Waals surface area (Å²) in [4.78, 5) is 0. The summed E-state index contributed by atoms with van der Waals surface area (Å²) < 4.78 is 2.13. The molecule has 0 fully saturated rings. The van der Waals surface area contributed by atoms with Gasteiger partial charge in [-0.2, -0.15) is 0 Å². The third-order valence-electron chi connectivity index (χ3n) is 3.77. The minimum atomic E-state index is 0.720. The number of rotatable bonds is 6. The lowest BCUT2D eigenvalue weighted by atomic mass is 10.1. The van der Waals surface area contributed by atoms with E-state index in [1.54, 1.807) is 11.8 Å². The Morgan fingerprint density at radius 2 is 1.67 bits per heavy atom. The molecule has 0 radical (unpaired) electrons. The fraction of sp³-hybridized carbons (Fsp3) is 0.263. The van der Waals surface area contributed by atoms with Gasteiger partial charge in [-0.3, -0.25) is 4.57 Å². The molecular formula is C19H20ClN3S. The third kappa shape index (κ3) is 3.65. The minimum Gasteiger partial charge on any atom is -0.270 e. The molecule has 0 bridgehead atoms. The van der Waals surface area contributed by atoms with Gasteiger partial charge in [0.2, 0.25) is 0 Å². The number of halogens is 1. The van der Waals surface area contributed by atoms with Gasteiger partial charge in [0.05, 0.1) is 0 Å². The zero-order chi connectivity index (χ0) is 16.9. The lowest BCUT2D eigenvalue weighted by Crippen LogP contribution is -2.00. The largest absolute Gasteiger partial charge is 0.270 e. The summed E-state index contributed by atoms with van der Waals surface area (Å²) in [6.45, 7) is 4.33. The molecule has 1 aromatic heterocycles. The van der Waals surface area contributed by atoms with E-state index < -0.39 is 0 Å². The molecule has 0 aliphatic rings. The molecule has 3 nitrogen and oxygen atoms in total. The Morgan fingerprint density at radius 3 is 2.29 bits per heavy atom. The molecule has 0 N–H and O–H groups in total. The second-order valence-electron chi connectivity index (χ2n) is 5.52. The first-order valence-corrected chi connectivity index (χ1v) is 9.52. The monoisotopic (exact) mass is 357 g/mol. The highest BCUT2D eigenvalue weighted by Crippen LogP contribution is 2.29. The number of hydrogen-bond acceptors (Lipinski definition) is 3. The van der Waals surface area contributed by atoms with E-state index in [1.807, 2.05) is 24.3 Å². The molecule has 0 amide bonds. The molecule has 2 aromatic carbocycles. The Hall–Kier alpha value is -1.78. The highest BCUT2D eigenvalue weighted by molar-refractivity contribution is 7.99. The molecule has 0 unspecified atom stereocenters. The van der Waals surface area contributed by atoms with E-state index in [0.29, 0.717) is 0 Å². The molecule has 0 atom stereocenters. The van der Waals surface area contributed by atoms with E-state index in [4.69, 9.17) is 11.6 Å². The van der Waals surface area contributed by atoms with Gasteiger partial charge in [-0.15, -0.1) is 10.2 Å². The van der Waals surface area contributed by atoms with Gasteiger partial charge in [0.25, 0.3) is 0 Å². The number of aromatic nitrogens is 3. The van der Waals surface area contributed by atoms with Crippen LogP contribution in [0.2, 0.25) is 5.02 Å². The van der Waals surface area contributed by atoms with Crippen LogP contribution in [0, 0.1) is 0 Å². The van der Waals surface area contributed by atoms with Crippen LogP contribution in [0.4, 0.5) is 0 Å². The van der Waals surface area contributed by atoms with Crippen molar-refractivity contribution in [2.24, 2.45) is 0 Å². The SMILES string of the molecule is CCCSc1nnc(-c2ccc(Cl)cc2)n1-c1ccc(CC)cc1. The second-order valence-corrected chi connectivity index (χ2v) is 7.02. The van der Waals surface area contributed by atoms with Crippen LogP contribution in [0.25, 0.3) is 17.1 Å². The molecule has 0 aliphatic carbocycles. The molecule has 124 valence electrons. The van der Waals surface area contributed by atoms with E-state index in [-0.39, 0.29) is 0 Å². The predicted octanol–water partition coefficient (Wildman–Crippen LogP) is 5.65. The smallest absolute Gasteiger partial charge is 0.196 e. The average molecular weight is 358 g/mol. The summed E-state index contributed by atoms with van der Waals surface area (Å²) in [5.74, 6) is 1.86. The van der Waals surface area contributed by atoms with E-state index in [9.17, 15) is 0 Å². The van der Waals surface area contributed by atoms with E-state index in [0.717, 1.165) is 45.8 Å². The first kappa shape index (κ1) is 17.1. The van der Waals surface area contributed by atoms with Crippen molar-refractivity contribution in [2.75, 3.05) is 5.75 Å². The fourth-order valence-corrected chi connectivity index (χ4v) is 3.39. The summed E-state index contributed by atoms with van der Waals surface area (Å²) >= 11 is 7.75. The van der Waals surface area contributed by atoms with Gasteiger partial charge in [-0.05, 0) is 54.8 Å². The summed E-state index contributed by atoms with van der Waals surface area (Å²) in [6, 6.07) is 16.3. The summed E-state index contributed by atoms with van der Waals surface area (Å²) in [6.07, 6.45) is 2.13. The second kappa shape index (κ2) is 7.86. The van der Waals surface area contributed by atoms with Crippen LogP contribution < -0.4 is 0 Å². The standard InChI is InChI=1S/C19H20ClN3S/c1-3-13-24-19-22-21-18(15-7-9-16(20)10-8-15)23(19)17-11-5-14(4-2)6-12-17/h5-12H,3-4,13H2,1-2H3. The molecule has 0 saturated heterocycles. The van der Waals surface area contributed by atoms with Crippen molar-refractivity contribution in [3.63, 3.8) is 0 Å². The topological polar surface area (TPSA) is 30.7 Å². The fourth-order valence-electron chi connectivity index (χ4n) is 2.46. The van der Waals surface area contributed by atoms with Gasteiger partial charge in [-0.1, -0.05) is 49.3 Å². The van der Waals surface area contributed by atoms with Crippen molar-refractivity contribution in [3.05, 3.63) is 59.1 Å². The number of aryl methyl sites for hydroxylation is 1. The van der Waals surface area contributed by atoms with Gasteiger partial charge in [0.1, 0.15) is 0 Å². The Kier molecular flexibility index (Phi) is 5.59. The molecule has 3 aromatic rings. The Balaban J connectivity index is 2.08. The lowest BCUT2D eigenvalue weighted by molar-refractivity contribution is 0.883. The van der Waals surface area contributed by atoms with Crippen molar-refractivity contribution < 1.29 is 0 Å². The van der Waals surface area contributed by atoms with Crippen molar-refractivity contribution in [1.82, 2.24) is 14.8 Å². The lowest BCUT2D eigenvalue weighted by Gasteiger charge is -2.11. The van der Waals surface area contributed by atoms with Crippen LogP contribution in [-0.2, 0) is 6.42 Å². The zero-order valence-electron chi connectivity index (χ0n) is 13.9. The molecule has 5 heteroatoms. The van der Waals surface area contributed by atoms with Crippen LogP contribution >= 0.6 is 23.4 Å². The first-order valence-electron chi connectivity index (χ1n) is 8.16. The normalized spacial score (nSPS) is 11.0. The van der Waals surface area contributed by atoms with Crippen molar-refractivity contribution in [2.45, 2.75) is 31.8 Å². The Morgan fingerprint density at radius 1 is 0.958 bits per heavy atom. The molecule has 1 heterocycles. The average Bonchev–Trinajstić information content (AvgIpc) is 3.04. The number of nitrogens with zero attached hydrogens (tertiary/aromatic N) is 3. The number of benzene rings is 2. The summed E-state index contributed by atoms with van der Waals surface area (Å²) in [7, 11) is 0. The molecular weight excluding hydrogens is 338 g/mol. The van der Waals surface area contributed by atoms with Crippen molar-refractivity contribution >= 4 is 23.4 Å². The van der Waals surface area contributed by atoms with Crippen LogP contribution in [0.15, 0.2) is 53.7 Å². The van der Waals surface area contributed by atoms with Crippen LogP contribution in [-0.4, -0.2) is 20.5 Å². The molecule has 3 rings (SSSR count). The van der Waals surface area contributed by atoms with Gasteiger partial charge in [0.15, 0.2) is 11.0 Å². The van der Waals surface area contributed by atoms with Gasteiger partial charge in [-0.25, -0.2) is 0 Å². The minimum absolute atomic E-state index is 0.720. The Bertz CT molecular complexity index is 794. The first-order chi connectivity index (χ1) is 11.7. The van der Waals surface area contributed by atoms with Gasteiger partial charge < -0.3 is 0 Å². The third-order valence-corrected chi connectivity index (χ3v) is 5.16. The van der Waals surface area contributed by atoms with E-state index >= 15 is 0 Å². The molecule has 24 heavy (non-hydrogen) atoms. The van der Waals surface area contributed by atoms with Crippen molar-refractivity contribution in [3.8, 4) is 17.1 Å². The predicted molar refractivity (Wildman–Crippen MR) is 102 cm³/mol. The van der Waals surface area contributed by atoms with Crippen LogP contribution in [0.1, 0.15) is 25.8 Å². The van der Waals surface area contributed by atoms with Crippen molar-refractivity contribution in [1.29, 1.82) is 0 Å². The van der Waals surface area contributed by atoms with Gasteiger partial charge >= 0.3 is 0 Å². The molecule has 0 aliphatic heterocycles. The maximum Gasteiger partial charge on any atom is 0.196 e. The molecule has 0 saturated carbocycles. The highest BCUT2D eigenvalue weighted by atomic mass is 35.5. The van der Waals surface area contributed by atoms with E-state index in [1.165, 1.54) is 5.56 Å². The summed E-state index contributed by atoms with van der Waals surface area (Å²) in [5.41, 5.74) is 3.41. The van der Waals surface area contributed by atoms with E-state index in [2.05, 4.69) is 52.9 Å². The highest BCUT2D eigenvalue weighted by Gasteiger charge is 2.15. The maximum atomic E-state index is 6.02. The zero-order valence-corrected chi connectivity index (χ0v) is 15.4. The Labute approximate surface area is 152 Å². The van der Waals surface area contributed by atoms with Gasteiger partial charge in [0, 0.05) is 22.0 Å². The van der Waals surface area contributed by atoms with Crippen LogP contribution in [0.3, 0.4) is 0 Å². The van der Waals surface area contributed by atoms with Crippen LogP contribution in [0.5, 0.6) is 0 Å². The maximum absolute atomic E-state index is 6.02. The number of hydrogen-bond donors (Lipinski definition) is 0. The quantitative estimate of drug-likeness (QED) is 0.534. The molecule has 0 spiro atoms.